The molecule has 9 heteroatoms. The molecule has 0 saturated heterocycles. The van der Waals surface area contributed by atoms with Gasteiger partial charge in [-0.3, -0.25) is 10.1 Å². The predicted molar refractivity (Wildman–Crippen MR) is 56.4 cm³/mol. The number of carbonyl (C=O) groups is 1. The molecule has 0 aromatic carbocycles. The number of halogens is 2. The number of H-pyrrole nitrogens is 1. The van der Waals surface area contributed by atoms with Gasteiger partial charge in [-0.2, -0.15) is 10.1 Å². The van der Waals surface area contributed by atoms with Gasteiger partial charge in [0.05, 0.1) is 5.56 Å². The monoisotopic (exact) mass is 258 g/mol. The van der Waals surface area contributed by atoms with Crippen LogP contribution in [0.15, 0.2) is 12.4 Å². The minimum absolute atomic E-state index is 0.0404. The van der Waals surface area contributed by atoms with Crippen LogP contribution >= 0.6 is 23.2 Å². The van der Waals surface area contributed by atoms with Crippen LogP contribution in [0.1, 0.15) is 10.4 Å². The molecule has 2 aromatic heterocycles. The molecule has 0 aliphatic carbocycles. The number of rotatable bonds is 2. The first-order chi connectivity index (χ1) is 7.66. The standard InChI is InChI=1S/C7H4Cl2N6O/c8-4-1-3(5(9)14-13-4)6(16)12-7-10-2-11-15-7/h1-2H,(H2,10,11,12,15,16). The smallest absolute Gasteiger partial charge is 0.261 e. The number of nitrogens with zero attached hydrogens (tertiary/aromatic N) is 4. The summed E-state index contributed by atoms with van der Waals surface area (Å²) in [7, 11) is 0. The summed E-state index contributed by atoms with van der Waals surface area (Å²) in [5, 5.41) is 15.5. The highest BCUT2D eigenvalue weighted by Gasteiger charge is 2.14. The number of carbonyl (C=O) groups excluding carboxylic acids is 1. The van der Waals surface area contributed by atoms with E-state index in [1.54, 1.807) is 0 Å². The molecule has 0 atom stereocenters. The average molecular weight is 259 g/mol. The lowest BCUT2D eigenvalue weighted by Crippen LogP contribution is -2.14. The van der Waals surface area contributed by atoms with Crippen molar-refractivity contribution >= 4 is 35.1 Å². The lowest BCUT2D eigenvalue weighted by atomic mass is 10.3. The van der Waals surface area contributed by atoms with Crippen molar-refractivity contribution in [3.05, 3.63) is 28.3 Å². The minimum Gasteiger partial charge on any atom is -0.291 e. The quantitative estimate of drug-likeness (QED) is 0.843. The van der Waals surface area contributed by atoms with E-state index in [4.69, 9.17) is 23.2 Å². The highest BCUT2D eigenvalue weighted by molar-refractivity contribution is 6.34. The molecule has 2 N–H and O–H groups in total. The highest BCUT2D eigenvalue weighted by Crippen LogP contribution is 2.16. The van der Waals surface area contributed by atoms with Crippen molar-refractivity contribution in [1.82, 2.24) is 25.4 Å². The number of anilines is 1. The Morgan fingerprint density at radius 2 is 2.19 bits per heavy atom. The van der Waals surface area contributed by atoms with Crippen LogP contribution in [0.25, 0.3) is 0 Å². The Balaban J connectivity index is 2.24. The molecule has 0 aliphatic rings. The van der Waals surface area contributed by atoms with Crippen molar-refractivity contribution in [2.24, 2.45) is 0 Å². The van der Waals surface area contributed by atoms with E-state index in [2.05, 4.69) is 30.7 Å². The van der Waals surface area contributed by atoms with Gasteiger partial charge in [0.15, 0.2) is 10.3 Å². The molecule has 0 fully saturated rings. The molecular formula is C7H4Cl2N6O. The summed E-state index contributed by atoms with van der Waals surface area (Å²) in [5.41, 5.74) is 0.109. The number of nitrogens with one attached hydrogen (secondary N) is 2. The summed E-state index contributed by atoms with van der Waals surface area (Å²) >= 11 is 11.3. The van der Waals surface area contributed by atoms with Gasteiger partial charge >= 0.3 is 0 Å². The van der Waals surface area contributed by atoms with Crippen LogP contribution in [0.2, 0.25) is 10.3 Å². The van der Waals surface area contributed by atoms with E-state index in [0.29, 0.717) is 0 Å². The van der Waals surface area contributed by atoms with E-state index in [9.17, 15) is 4.79 Å². The summed E-state index contributed by atoms with van der Waals surface area (Å²) in [6, 6.07) is 1.31. The van der Waals surface area contributed by atoms with Gasteiger partial charge in [-0.15, -0.1) is 10.2 Å². The summed E-state index contributed by atoms with van der Waals surface area (Å²) in [6.07, 6.45) is 1.26. The average Bonchev–Trinajstić information content (AvgIpc) is 2.74. The summed E-state index contributed by atoms with van der Waals surface area (Å²) in [5.74, 6) is -0.299. The first-order valence-corrected chi connectivity index (χ1v) is 4.78. The zero-order valence-corrected chi connectivity index (χ0v) is 9.12. The molecule has 0 saturated carbocycles. The summed E-state index contributed by atoms with van der Waals surface area (Å²) in [6.45, 7) is 0. The van der Waals surface area contributed by atoms with Gasteiger partial charge < -0.3 is 0 Å². The van der Waals surface area contributed by atoms with Crippen LogP contribution in [0.3, 0.4) is 0 Å². The number of aromatic amines is 1. The van der Waals surface area contributed by atoms with Crippen molar-refractivity contribution in [3.8, 4) is 0 Å². The second kappa shape index (κ2) is 4.42. The maximum atomic E-state index is 11.7. The molecule has 0 unspecified atom stereocenters. The first kappa shape index (κ1) is 10.8. The Kier molecular flexibility index (Phi) is 2.97. The molecule has 7 nitrogen and oxygen atoms in total. The maximum absolute atomic E-state index is 11.7. The van der Waals surface area contributed by atoms with Crippen molar-refractivity contribution in [1.29, 1.82) is 0 Å². The SMILES string of the molecule is O=C(Nc1ncn[nH]1)c1cc(Cl)nnc1Cl. The lowest BCUT2D eigenvalue weighted by molar-refractivity contribution is 0.102. The van der Waals surface area contributed by atoms with E-state index < -0.39 is 5.91 Å². The molecule has 82 valence electrons. The van der Waals surface area contributed by atoms with Gasteiger partial charge in [-0.25, -0.2) is 5.10 Å². The van der Waals surface area contributed by atoms with Gasteiger partial charge in [0, 0.05) is 0 Å². The second-order valence-electron chi connectivity index (χ2n) is 2.66. The fourth-order valence-corrected chi connectivity index (χ4v) is 1.28. The Morgan fingerprint density at radius 1 is 1.38 bits per heavy atom. The Labute approximate surface area is 99.2 Å². The Bertz CT molecular complexity index is 514. The second-order valence-corrected chi connectivity index (χ2v) is 3.41. The summed E-state index contributed by atoms with van der Waals surface area (Å²) < 4.78 is 0. The van der Waals surface area contributed by atoms with Gasteiger partial charge in [0.1, 0.15) is 6.33 Å². The molecule has 0 radical (unpaired) electrons. The van der Waals surface area contributed by atoms with E-state index >= 15 is 0 Å². The van der Waals surface area contributed by atoms with Crippen LogP contribution in [-0.4, -0.2) is 31.3 Å². The molecule has 16 heavy (non-hydrogen) atoms. The molecule has 0 bridgehead atoms. The molecule has 2 heterocycles. The van der Waals surface area contributed by atoms with Crippen LogP contribution in [0.5, 0.6) is 0 Å². The zero-order chi connectivity index (χ0) is 11.5. The lowest BCUT2D eigenvalue weighted by Gasteiger charge is -2.02. The third kappa shape index (κ3) is 2.26. The van der Waals surface area contributed by atoms with Gasteiger partial charge in [-0.1, -0.05) is 23.2 Å². The molecule has 0 spiro atoms. The predicted octanol–water partition coefficient (Wildman–Crippen LogP) is 1.15. The third-order valence-corrected chi connectivity index (χ3v) is 2.07. The minimum atomic E-state index is -0.501. The molecule has 0 aliphatic heterocycles. The third-order valence-electron chi connectivity index (χ3n) is 1.61. The van der Waals surface area contributed by atoms with Crippen molar-refractivity contribution in [3.63, 3.8) is 0 Å². The van der Waals surface area contributed by atoms with Crippen LogP contribution < -0.4 is 5.32 Å². The molecule has 2 rings (SSSR count). The van der Waals surface area contributed by atoms with Crippen molar-refractivity contribution < 1.29 is 4.79 Å². The number of amides is 1. The topological polar surface area (TPSA) is 96.5 Å². The van der Waals surface area contributed by atoms with Gasteiger partial charge in [0.25, 0.3) is 5.91 Å². The van der Waals surface area contributed by atoms with Crippen LogP contribution in [0, 0.1) is 0 Å². The molecular weight excluding hydrogens is 255 g/mol. The van der Waals surface area contributed by atoms with Crippen LogP contribution in [0.4, 0.5) is 5.95 Å². The Hall–Kier alpha value is -1.73. The van der Waals surface area contributed by atoms with E-state index in [1.165, 1.54) is 12.4 Å². The fraction of sp³-hybridized carbons (Fsp3) is 0. The normalized spacial score (nSPS) is 10.1. The first-order valence-electron chi connectivity index (χ1n) is 4.02. The largest absolute Gasteiger partial charge is 0.291 e. The number of hydrogen-bond donors (Lipinski definition) is 2. The van der Waals surface area contributed by atoms with Crippen LogP contribution in [-0.2, 0) is 0 Å². The highest BCUT2D eigenvalue weighted by atomic mass is 35.5. The van der Waals surface area contributed by atoms with Gasteiger partial charge in [0.2, 0.25) is 5.95 Å². The maximum Gasteiger partial charge on any atom is 0.261 e. The van der Waals surface area contributed by atoms with E-state index in [0.717, 1.165) is 0 Å². The number of aromatic nitrogens is 5. The molecule has 2 aromatic rings. The van der Waals surface area contributed by atoms with Gasteiger partial charge in [-0.05, 0) is 6.07 Å². The van der Waals surface area contributed by atoms with E-state index in [-0.39, 0.29) is 21.8 Å². The summed E-state index contributed by atoms with van der Waals surface area (Å²) in [4.78, 5) is 15.4. The zero-order valence-electron chi connectivity index (χ0n) is 7.61. The number of hydrogen-bond acceptors (Lipinski definition) is 5. The Morgan fingerprint density at radius 3 is 2.88 bits per heavy atom. The van der Waals surface area contributed by atoms with E-state index in [1.807, 2.05) is 0 Å². The molecule has 1 amide bonds. The van der Waals surface area contributed by atoms with Crippen molar-refractivity contribution in [2.75, 3.05) is 5.32 Å². The van der Waals surface area contributed by atoms with Crippen molar-refractivity contribution in [2.45, 2.75) is 0 Å². The fourth-order valence-electron chi connectivity index (χ4n) is 0.953.